The molecule has 6 nitrogen and oxygen atoms in total. The van der Waals surface area contributed by atoms with Crippen LogP contribution in [0.25, 0.3) is 6.08 Å². The van der Waals surface area contributed by atoms with Gasteiger partial charge in [-0.05, 0) is 37.6 Å². The standard InChI is InChI=1S/C16H16N4O2/c1-16(2,20-11-18-10-19-20)15(21)13(9-17)8-12-4-6-14(22-3)7-5-12/h4-8,10-11H,1-3H3/b13-8+. The minimum Gasteiger partial charge on any atom is -0.497 e. The van der Waals surface area contributed by atoms with E-state index in [1.807, 2.05) is 6.07 Å². The van der Waals surface area contributed by atoms with Gasteiger partial charge in [-0.25, -0.2) is 9.67 Å². The highest BCUT2D eigenvalue weighted by molar-refractivity contribution is 6.07. The molecule has 0 amide bonds. The molecular weight excluding hydrogens is 280 g/mol. The molecule has 0 radical (unpaired) electrons. The van der Waals surface area contributed by atoms with E-state index < -0.39 is 5.54 Å². The summed E-state index contributed by atoms with van der Waals surface area (Å²) in [5, 5.41) is 13.3. The molecule has 1 aromatic heterocycles. The van der Waals surface area contributed by atoms with E-state index in [9.17, 15) is 10.1 Å². The van der Waals surface area contributed by atoms with E-state index in [0.717, 1.165) is 5.56 Å². The van der Waals surface area contributed by atoms with Crippen LogP contribution in [0.5, 0.6) is 5.75 Å². The summed E-state index contributed by atoms with van der Waals surface area (Å²) in [4.78, 5) is 16.5. The van der Waals surface area contributed by atoms with E-state index in [0.29, 0.717) is 5.75 Å². The predicted octanol–water partition coefficient (Wildman–Crippen LogP) is 2.20. The molecule has 0 fully saturated rings. The molecule has 0 saturated carbocycles. The number of benzene rings is 1. The Kier molecular flexibility index (Phi) is 4.37. The first-order valence-corrected chi connectivity index (χ1v) is 6.65. The SMILES string of the molecule is COc1ccc(/C=C(\C#N)C(=O)C(C)(C)n2cncn2)cc1. The number of nitriles is 1. The highest BCUT2D eigenvalue weighted by Crippen LogP contribution is 2.21. The maximum Gasteiger partial charge on any atom is 0.200 e. The minimum absolute atomic E-state index is 0.0608. The number of methoxy groups -OCH3 is 1. The van der Waals surface area contributed by atoms with Crippen molar-refractivity contribution in [2.45, 2.75) is 19.4 Å². The molecule has 6 heteroatoms. The highest BCUT2D eigenvalue weighted by Gasteiger charge is 2.33. The summed E-state index contributed by atoms with van der Waals surface area (Å²) in [5.41, 5.74) is -0.171. The Balaban J connectivity index is 2.32. The van der Waals surface area contributed by atoms with Crippen molar-refractivity contribution in [2.75, 3.05) is 7.11 Å². The van der Waals surface area contributed by atoms with Gasteiger partial charge in [-0.15, -0.1) is 0 Å². The van der Waals surface area contributed by atoms with Crippen LogP contribution in [0.3, 0.4) is 0 Å². The molecule has 0 bridgehead atoms. The first-order valence-electron chi connectivity index (χ1n) is 6.65. The molecule has 22 heavy (non-hydrogen) atoms. The molecule has 1 heterocycles. The van der Waals surface area contributed by atoms with Crippen LogP contribution >= 0.6 is 0 Å². The Morgan fingerprint density at radius 2 is 2.05 bits per heavy atom. The second-order valence-electron chi connectivity index (χ2n) is 5.17. The van der Waals surface area contributed by atoms with E-state index >= 15 is 0 Å². The Hall–Kier alpha value is -2.94. The Morgan fingerprint density at radius 3 is 2.55 bits per heavy atom. The van der Waals surface area contributed by atoms with Crippen molar-refractivity contribution in [1.29, 1.82) is 5.26 Å². The summed E-state index contributed by atoms with van der Waals surface area (Å²) in [5.74, 6) is 0.390. The van der Waals surface area contributed by atoms with E-state index in [2.05, 4.69) is 10.1 Å². The lowest BCUT2D eigenvalue weighted by Gasteiger charge is -2.22. The number of allylic oxidation sites excluding steroid dienone is 1. The maximum absolute atomic E-state index is 12.6. The van der Waals surface area contributed by atoms with Gasteiger partial charge < -0.3 is 4.74 Å². The zero-order chi connectivity index (χ0) is 16.2. The molecule has 0 N–H and O–H groups in total. The van der Waals surface area contributed by atoms with Crippen LogP contribution in [0.2, 0.25) is 0 Å². The minimum atomic E-state index is -0.982. The van der Waals surface area contributed by atoms with E-state index in [1.165, 1.54) is 17.3 Å². The largest absolute Gasteiger partial charge is 0.497 e. The summed E-state index contributed by atoms with van der Waals surface area (Å²) in [6, 6.07) is 9.08. The number of aromatic nitrogens is 3. The van der Waals surface area contributed by atoms with Gasteiger partial charge in [0.2, 0.25) is 0 Å². The predicted molar refractivity (Wildman–Crippen MR) is 80.9 cm³/mol. The highest BCUT2D eigenvalue weighted by atomic mass is 16.5. The molecule has 0 aliphatic heterocycles. The number of hydrogen-bond donors (Lipinski definition) is 0. The number of Topliss-reactive ketones (excluding diaryl/α,β-unsaturated/α-hetero) is 1. The van der Waals surface area contributed by atoms with Crippen molar-refractivity contribution in [2.24, 2.45) is 0 Å². The van der Waals surface area contributed by atoms with Crippen LogP contribution in [-0.2, 0) is 10.3 Å². The molecule has 0 aliphatic carbocycles. The summed E-state index contributed by atoms with van der Waals surface area (Å²) < 4.78 is 6.52. The number of nitrogens with zero attached hydrogens (tertiary/aromatic N) is 4. The zero-order valence-electron chi connectivity index (χ0n) is 12.6. The van der Waals surface area contributed by atoms with Crippen molar-refractivity contribution in [3.05, 3.63) is 48.1 Å². The van der Waals surface area contributed by atoms with Gasteiger partial charge in [0, 0.05) is 0 Å². The third-order valence-corrected chi connectivity index (χ3v) is 3.34. The number of ether oxygens (including phenoxy) is 1. The fourth-order valence-corrected chi connectivity index (χ4v) is 1.95. The number of carbonyl (C=O) groups excluding carboxylic acids is 1. The number of hydrogen-bond acceptors (Lipinski definition) is 5. The normalized spacial score (nSPS) is 11.8. The first-order chi connectivity index (χ1) is 10.5. The molecular formula is C16H16N4O2. The summed E-state index contributed by atoms with van der Waals surface area (Å²) in [6.07, 6.45) is 4.37. The van der Waals surface area contributed by atoms with Crippen molar-refractivity contribution in [3.63, 3.8) is 0 Å². The van der Waals surface area contributed by atoms with Crippen LogP contribution in [0, 0.1) is 11.3 Å². The molecule has 0 unspecified atom stereocenters. The molecule has 1 aromatic carbocycles. The van der Waals surface area contributed by atoms with E-state index in [1.54, 1.807) is 51.3 Å². The monoisotopic (exact) mass is 296 g/mol. The fourth-order valence-electron chi connectivity index (χ4n) is 1.95. The topological polar surface area (TPSA) is 80.8 Å². The summed E-state index contributed by atoms with van der Waals surface area (Å²) in [7, 11) is 1.58. The third kappa shape index (κ3) is 3.04. The molecule has 112 valence electrons. The first kappa shape index (κ1) is 15.4. The van der Waals surface area contributed by atoms with Crippen LogP contribution in [-0.4, -0.2) is 27.7 Å². The molecule has 0 aliphatic rings. The van der Waals surface area contributed by atoms with Gasteiger partial charge in [-0.3, -0.25) is 4.79 Å². The lowest BCUT2D eigenvalue weighted by atomic mass is 9.92. The smallest absolute Gasteiger partial charge is 0.200 e. The second kappa shape index (κ2) is 6.22. The maximum atomic E-state index is 12.6. The van der Waals surface area contributed by atoms with E-state index in [4.69, 9.17) is 4.74 Å². The van der Waals surface area contributed by atoms with Gasteiger partial charge in [0.25, 0.3) is 0 Å². The fraction of sp³-hybridized carbons (Fsp3) is 0.250. The molecule has 0 spiro atoms. The number of rotatable bonds is 5. The van der Waals surface area contributed by atoms with Gasteiger partial charge in [-0.1, -0.05) is 12.1 Å². The lowest BCUT2D eigenvalue weighted by molar-refractivity contribution is -0.122. The summed E-state index contributed by atoms with van der Waals surface area (Å²) >= 11 is 0. The van der Waals surface area contributed by atoms with Crippen molar-refractivity contribution >= 4 is 11.9 Å². The van der Waals surface area contributed by atoms with Gasteiger partial charge in [0.05, 0.1) is 12.7 Å². The van der Waals surface area contributed by atoms with Crippen molar-refractivity contribution < 1.29 is 9.53 Å². The van der Waals surface area contributed by atoms with Crippen LogP contribution in [0.1, 0.15) is 19.4 Å². The van der Waals surface area contributed by atoms with Crippen molar-refractivity contribution in [1.82, 2.24) is 14.8 Å². The molecule has 2 rings (SSSR count). The zero-order valence-corrected chi connectivity index (χ0v) is 12.6. The molecule has 2 aromatic rings. The van der Waals surface area contributed by atoms with Crippen LogP contribution in [0.15, 0.2) is 42.5 Å². The van der Waals surface area contributed by atoms with E-state index in [-0.39, 0.29) is 11.4 Å². The Bertz CT molecular complexity index is 723. The quantitative estimate of drug-likeness (QED) is 0.624. The van der Waals surface area contributed by atoms with Gasteiger partial charge in [0.15, 0.2) is 5.78 Å². The molecule has 0 saturated heterocycles. The lowest BCUT2D eigenvalue weighted by Crippen LogP contribution is -2.37. The number of ketones is 1. The summed E-state index contributed by atoms with van der Waals surface area (Å²) in [6.45, 7) is 3.40. The van der Waals surface area contributed by atoms with Crippen molar-refractivity contribution in [3.8, 4) is 11.8 Å². The molecule has 0 atom stereocenters. The second-order valence-corrected chi connectivity index (χ2v) is 5.17. The van der Waals surface area contributed by atoms with Gasteiger partial charge >= 0.3 is 0 Å². The average molecular weight is 296 g/mol. The Morgan fingerprint density at radius 1 is 1.36 bits per heavy atom. The number of carbonyl (C=O) groups is 1. The van der Waals surface area contributed by atoms with Gasteiger partial charge in [0.1, 0.15) is 30.0 Å². The average Bonchev–Trinajstić information content (AvgIpc) is 3.07. The van der Waals surface area contributed by atoms with Crippen LogP contribution in [0.4, 0.5) is 0 Å². The van der Waals surface area contributed by atoms with Gasteiger partial charge in [-0.2, -0.15) is 10.4 Å². The third-order valence-electron chi connectivity index (χ3n) is 3.34. The van der Waals surface area contributed by atoms with Crippen LogP contribution < -0.4 is 4.74 Å². The Labute approximate surface area is 128 Å².